The molecule has 0 unspecified atom stereocenters. The highest BCUT2D eigenvalue weighted by atomic mass is 19.4. The molecule has 1 rings (SSSR count). The molecule has 0 aliphatic carbocycles. The molecule has 0 bridgehead atoms. The van der Waals surface area contributed by atoms with Gasteiger partial charge in [-0.1, -0.05) is 12.1 Å². The second-order valence-corrected chi connectivity index (χ2v) is 4.58. The number of hydrogen-bond acceptors (Lipinski definition) is 3. The van der Waals surface area contributed by atoms with Crippen molar-refractivity contribution >= 4 is 11.6 Å². The number of benzene rings is 1. The van der Waals surface area contributed by atoms with Crippen molar-refractivity contribution in [3.63, 3.8) is 0 Å². The molecule has 0 saturated carbocycles. The highest BCUT2D eigenvalue weighted by molar-refractivity contribution is 5.98. The standard InChI is InChI=1S/C12H15F3N2O2/c1-11(2,16)10(18)17-8-5-3-4-6-9(8)19-7-12(13,14)15/h3-6H,7,16H2,1-2H3,(H,17,18). The van der Waals surface area contributed by atoms with Gasteiger partial charge in [0.25, 0.3) is 0 Å². The van der Waals surface area contributed by atoms with Crippen molar-refractivity contribution in [2.75, 3.05) is 11.9 Å². The van der Waals surface area contributed by atoms with E-state index in [1.807, 2.05) is 0 Å². The van der Waals surface area contributed by atoms with E-state index in [0.29, 0.717) is 0 Å². The maximum Gasteiger partial charge on any atom is 0.422 e. The zero-order chi connectivity index (χ0) is 14.7. The van der Waals surface area contributed by atoms with Gasteiger partial charge in [0.15, 0.2) is 6.61 Å². The van der Waals surface area contributed by atoms with Crippen LogP contribution in [0.5, 0.6) is 5.75 Å². The average molecular weight is 276 g/mol. The Morgan fingerprint density at radius 1 is 1.32 bits per heavy atom. The van der Waals surface area contributed by atoms with Crippen LogP contribution in [0.2, 0.25) is 0 Å². The molecule has 106 valence electrons. The molecule has 0 atom stereocenters. The van der Waals surface area contributed by atoms with Crippen LogP contribution in [-0.2, 0) is 4.79 Å². The van der Waals surface area contributed by atoms with E-state index in [-0.39, 0.29) is 11.4 Å². The summed E-state index contributed by atoms with van der Waals surface area (Å²) in [7, 11) is 0. The molecule has 0 radical (unpaired) electrons. The van der Waals surface area contributed by atoms with Gasteiger partial charge in [0.1, 0.15) is 5.75 Å². The number of ether oxygens (including phenoxy) is 1. The Balaban J connectivity index is 2.82. The van der Waals surface area contributed by atoms with Gasteiger partial charge in [0.05, 0.1) is 11.2 Å². The quantitative estimate of drug-likeness (QED) is 0.887. The van der Waals surface area contributed by atoms with Gasteiger partial charge in [-0.25, -0.2) is 0 Å². The fourth-order valence-electron chi connectivity index (χ4n) is 1.14. The first kappa shape index (κ1) is 15.3. The summed E-state index contributed by atoms with van der Waals surface area (Å²) in [6, 6.07) is 5.86. The molecule has 0 fully saturated rings. The Bertz CT molecular complexity index is 453. The summed E-state index contributed by atoms with van der Waals surface area (Å²) < 4.78 is 40.9. The first-order valence-electron chi connectivity index (χ1n) is 5.48. The lowest BCUT2D eigenvalue weighted by molar-refractivity contribution is -0.153. The molecule has 0 heterocycles. The Labute approximate surface area is 108 Å². The summed E-state index contributed by atoms with van der Waals surface area (Å²) in [4.78, 5) is 11.7. The number of amides is 1. The Hall–Kier alpha value is -1.76. The molecule has 0 aliphatic heterocycles. The molecule has 0 aromatic heterocycles. The first-order chi connectivity index (χ1) is 8.59. The van der Waals surface area contributed by atoms with Gasteiger partial charge in [0.2, 0.25) is 5.91 Å². The molecule has 19 heavy (non-hydrogen) atoms. The minimum atomic E-state index is -4.44. The Morgan fingerprint density at radius 3 is 2.42 bits per heavy atom. The number of alkyl halides is 3. The maximum absolute atomic E-state index is 12.1. The van der Waals surface area contributed by atoms with Crippen molar-refractivity contribution in [1.29, 1.82) is 0 Å². The van der Waals surface area contributed by atoms with Crippen LogP contribution in [0, 0.1) is 0 Å². The summed E-state index contributed by atoms with van der Waals surface area (Å²) in [5, 5.41) is 2.43. The summed E-state index contributed by atoms with van der Waals surface area (Å²) >= 11 is 0. The highest BCUT2D eigenvalue weighted by Gasteiger charge is 2.29. The number of nitrogens with two attached hydrogens (primary N) is 1. The lowest BCUT2D eigenvalue weighted by Crippen LogP contribution is -2.45. The number of hydrogen-bond donors (Lipinski definition) is 2. The van der Waals surface area contributed by atoms with Crippen LogP contribution < -0.4 is 15.8 Å². The van der Waals surface area contributed by atoms with E-state index in [2.05, 4.69) is 10.1 Å². The zero-order valence-corrected chi connectivity index (χ0v) is 10.5. The van der Waals surface area contributed by atoms with E-state index in [1.165, 1.54) is 32.0 Å². The van der Waals surface area contributed by atoms with Crippen LogP contribution in [0.3, 0.4) is 0 Å². The van der Waals surface area contributed by atoms with Gasteiger partial charge in [0, 0.05) is 0 Å². The summed E-state index contributed by atoms with van der Waals surface area (Å²) in [5.41, 5.74) is 4.59. The Morgan fingerprint density at radius 2 is 1.89 bits per heavy atom. The number of carbonyl (C=O) groups excluding carboxylic acids is 1. The number of halogens is 3. The van der Waals surface area contributed by atoms with Crippen LogP contribution in [-0.4, -0.2) is 24.2 Å². The molecule has 0 saturated heterocycles. The van der Waals surface area contributed by atoms with E-state index in [1.54, 1.807) is 6.07 Å². The van der Waals surface area contributed by atoms with Gasteiger partial charge in [-0.15, -0.1) is 0 Å². The number of carbonyl (C=O) groups is 1. The van der Waals surface area contributed by atoms with Crippen molar-refractivity contribution in [3.05, 3.63) is 24.3 Å². The van der Waals surface area contributed by atoms with Gasteiger partial charge < -0.3 is 15.8 Å². The van der Waals surface area contributed by atoms with E-state index in [9.17, 15) is 18.0 Å². The second kappa shape index (κ2) is 5.48. The number of nitrogens with one attached hydrogen (secondary N) is 1. The zero-order valence-electron chi connectivity index (χ0n) is 10.5. The van der Waals surface area contributed by atoms with E-state index < -0.39 is 24.2 Å². The van der Waals surface area contributed by atoms with Crippen molar-refractivity contribution in [2.24, 2.45) is 5.73 Å². The Kier molecular flexibility index (Phi) is 4.41. The minimum Gasteiger partial charge on any atom is -0.482 e. The van der Waals surface area contributed by atoms with Crippen LogP contribution in [0.1, 0.15) is 13.8 Å². The molecule has 0 aliphatic rings. The molecule has 4 nitrogen and oxygen atoms in total. The SMILES string of the molecule is CC(C)(N)C(=O)Nc1ccccc1OCC(F)(F)F. The van der Waals surface area contributed by atoms with Crippen molar-refractivity contribution in [3.8, 4) is 5.75 Å². The third-order valence-corrected chi connectivity index (χ3v) is 2.11. The fraction of sp³-hybridized carbons (Fsp3) is 0.417. The van der Waals surface area contributed by atoms with E-state index >= 15 is 0 Å². The average Bonchev–Trinajstić information content (AvgIpc) is 2.25. The minimum absolute atomic E-state index is 0.0579. The lowest BCUT2D eigenvalue weighted by atomic mass is 10.1. The molecule has 3 N–H and O–H groups in total. The van der Waals surface area contributed by atoms with Crippen molar-refractivity contribution in [2.45, 2.75) is 25.6 Å². The number of anilines is 1. The highest BCUT2D eigenvalue weighted by Crippen LogP contribution is 2.26. The molecule has 1 aromatic carbocycles. The van der Waals surface area contributed by atoms with Gasteiger partial charge in [-0.2, -0.15) is 13.2 Å². The van der Waals surface area contributed by atoms with Crippen molar-refractivity contribution in [1.82, 2.24) is 0 Å². The number of rotatable bonds is 4. The fourth-order valence-corrected chi connectivity index (χ4v) is 1.14. The summed E-state index contributed by atoms with van der Waals surface area (Å²) in [6.07, 6.45) is -4.44. The molecule has 7 heteroatoms. The van der Waals surface area contributed by atoms with Crippen LogP contribution in [0.25, 0.3) is 0 Å². The smallest absolute Gasteiger partial charge is 0.422 e. The van der Waals surface area contributed by atoms with Gasteiger partial charge >= 0.3 is 6.18 Å². The van der Waals surface area contributed by atoms with Crippen LogP contribution >= 0.6 is 0 Å². The van der Waals surface area contributed by atoms with Crippen LogP contribution in [0.4, 0.5) is 18.9 Å². The molecule has 1 aromatic rings. The van der Waals surface area contributed by atoms with Crippen LogP contribution in [0.15, 0.2) is 24.3 Å². The van der Waals surface area contributed by atoms with Crippen molar-refractivity contribution < 1.29 is 22.7 Å². The van der Waals surface area contributed by atoms with E-state index in [0.717, 1.165) is 0 Å². The molecular formula is C12H15F3N2O2. The van der Waals surface area contributed by atoms with Gasteiger partial charge in [-0.3, -0.25) is 4.79 Å². The lowest BCUT2D eigenvalue weighted by Gasteiger charge is -2.19. The third-order valence-electron chi connectivity index (χ3n) is 2.11. The van der Waals surface area contributed by atoms with Gasteiger partial charge in [-0.05, 0) is 26.0 Å². The largest absolute Gasteiger partial charge is 0.482 e. The second-order valence-electron chi connectivity index (χ2n) is 4.58. The van der Waals surface area contributed by atoms with E-state index in [4.69, 9.17) is 5.73 Å². The maximum atomic E-state index is 12.1. The predicted octanol–water partition coefficient (Wildman–Crippen LogP) is 2.30. The normalized spacial score (nSPS) is 12.1. The monoisotopic (exact) mass is 276 g/mol. The molecule has 1 amide bonds. The summed E-state index contributed by atoms with van der Waals surface area (Å²) in [5.74, 6) is -0.576. The first-order valence-corrected chi connectivity index (χ1v) is 5.48. The molecule has 0 spiro atoms. The number of para-hydroxylation sites is 2. The molecular weight excluding hydrogens is 261 g/mol. The predicted molar refractivity (Wildman–Crippen MR) is 64.9 cm³/mol. The topological polar surface area (TPSA) is 64.4 Å². The summed E-state index contributed by atoms with van der Waals surface area (Å²) in [6.45, 7) is 1.55. The third kappa shape index (κ3) is 5.17.